The number of anilines is 1. The number of methoxy groups -OCH3 is 1. The largest absolute Gasteiger partial charge is 1.00 e. The lowest BCUT2D eigenvalue weighted by Crippen LogP contribution is -3.00. The number of pyridine rings is 1. The van der Waals surface area contributed by atoms with Crippen LogP contribution in [0.5, 0.6) is 5.75 Å². The van der Waals surface area contributed by atoms with Gasteiger partial charge in [0, 0.05) is 17.1 Å². The second kappa shape index (κ2) is 9.01. The van der Waals surface area contributed by atoms with Crippen LogP contribution in [0.3, 0.4) is 0 Å². The molecule has 0 saturated carbocycles. The molecule has 154 valence electrons. The summed E-state index contributed by atoms with van der Waals surface area (Å²) in [6.07, 6.45) is 1.55. The Kier molecular flexibility index (Phi) is 6.43. The highest BCUT2D eigenvalue weighted by molar-refractivity contribution is 6.10. The maximum atomic E-state index is 11.6. The second-order valence-electron chi connectivity index (χ2n) is 6.80. The van der Waals surface area contributed by atoms with Gasteiger partial charge in [0.1, 0.15) is 5.75 Å². The molecule has 0 aliphatic rings. The fraction of sp³-hybridized carbons (Fsp3) is 0.167. The molecule has 5 nitrogen and oxygen atoms in total. The number of aromatic amines is 1. The smallest absolute Gasteiger partial charge is 0.411 e. The summed E-state index contributed by atoms with van der Waals surface area (Å²) in [5.74, 6) is 0.816. The van der Waals surface area contributed by atoms with Crippen LogP contribution >= 0.6 is 0 Å². The van der Waals surface area contributed by atoms with E-state index in [0.717, 1.165) is 33.2 Å². The molecule has 0 fully saturated rings. The predicted molar refractivity (Wildman–Crippen MR) is 115 cm³/mol. The van der Waals surface area contributed by atoms with Gasteiger partial charge in [-0.25, -0.2) is 9.78 Å². The van der Waals surface area contributed by atoms with E-state index in [1.165, 1.54) is 10.9 Å². The number of para-hydroxylation sites is 1. The molecule has 6 heteroatoms. The monoisotopic (exact) mass is 422 g/mol. The Balaban J connectivity index is 0.00000256. The molecule has 1 aromatic heterocycles. The van der Waals surface area contributed by atoms with Crippen LogP contribution in [0.15, 0.2) is 60.8 Å². The van der Waals surface area contributed by atoms with Crippen LogP contribution in [0.4, 0.5) is 10.5 Å². The van der Waals surface area contributed by atoms with Crippen LogP contribution in [0.2, 0.25) is 0 Å². The Hall–Kier alpha value is -3.31. The molecule has 3 aromatic carbocycles. The van der Waals surface area contributed by atoms with Crippen molar-refractivity contribution in [1.29, 1.82) is 0 Å². The van der Waals surface area contributed by atoms with E-state index in [0.29, 0.717) is 12.3 Å². The Morgan fingerprint density at radius 1 is 1.07 bits per heavy atom. The van der Waals surface area contributed by atoms with Crippen LogP contribution in [0.1, 0.15) is 12.5 Å². The van der Waals surface area contributed by atoms with Crippen LogP contribution < -0.4 is 27.4 Å². The lowest BCUT2D eigenvalue weighted by Gasteiger charge is -2.14. The summed E-state index contributed by atoms with van der Waals surface area (Å²) in [4.78, 5) is 15.0. The van der Waals surface area contributed by atoms with E-state index < -0.39 is 6.09 Å². The van der Waals surface area contributed by atoms with Crippen molar-refractivity contribution in [1.82, 2.24) is 0 Å². The van der Waals surface area contributed by atoms with E-state index in [2.05, 4.69) is 35.4 Å². The van der Waals surface area contributed by atoms with Crippen molar-refractivity contribution in [3.05, 3.63) is 66.4 Å². The number of aryl methyl sites for hydroxylation is 1. The van der Waals surface area contributed by atoms with Gasteiger partial charge in [-0.1, -0.05) is 24.3 Å². The number of benzene rings is 3. The number of fused-ring (bicyclic) bond motifs is 3. The highest BCUT2D eigenvalue weighted by Gasteiger charge is 2.17. The second-order valence-corrected chi connectivity index (χ2v) is 6.80. The quantitative estimate of drug-likeness (QED) is 0.513. The van der Waals surface area contributed by atoms with E-state index in [9.17, 15) is 4.79 Å². The summed E-state index contributed by atoms with van der Waals surface area (Å²) in [5.41, 5.74) is 5.09. The van der Waals surface area contributed by atoms with Crippen molar-refractivity contribution in [2.24, 2.45) is 0 Å². The summed E-state index contributed by atoms with van der Waals surface area (Å²) in [5, 5.41) is 6.10. The van der Waals surface area contributed by atoms with E-state index in [1.807, 2.05) is 42.6 Å². The van der Waals surface area contributed by atoms with Gasteiger partial charge in [-0.15, -0.1) is 0 Å². The molecular formula is C24H23ClN2O3. The number of nitrogens with one attached hydrogen (secondary N) is 2. The molecule has 0 radical (unpaired) electrons. The van der Waals surface area contributed by atoms with E-state index >= 15 is 0 Å². The highest BCUT2D eigenvalue weighted by Crippen LogP contribution is 2.38. The molecule has 0 spiro atoms. The number of carbonyl (C=O) groups excluding carboxylic acids is 1. The summed E-state index contributed by atoms with van der Waals surface area (Å²) in [6, 6.07) is 18.1. The lowest BCUT2D eigenvalue weighted by molar-refractivity contribution is -0.342. The maximum Gasteiger partial charge on any atom is 0.411 e. The summed E-state index contributed by atoms with van der Waals surface area (Å²) < 4.78 is 10.6. The van der Waals surface area contributed by atoms with Crippen molar-refractivity contribution < 1.29 is 31.7 Å². The first-order chi connectivity index (χ1) is 14.1. The average molecular weight is 423 g/mol. The first-order valence-electron chi connectivity index (χ1n) is 9.57. The fourth-order valence-corrected chi connectivity index (χ4v) is 3.73. The molecule has 30 heavy (non-hydrogen) atoms. The predicted octanol–water partition coefficient (Wildman–Crippen LogP) is 2.36. The van der Waals surface area contributed by atoms with Gasteiger partial charge in [-0.05, 0) is 54.8 Å². The topological polar surface area (TPSA) is 61.7 Å². The molecule has 1 heterocycles. The molecule has 4 rings (SSSR count). The van der Waals surface area contributed by atoms with Gasteiger partial charge >= 0.3 is 6.09 Å². The zero-order chi connectivity index (χ0) is 20.4. The number of amides is 1. The molecule has 0 bridgehead atoms. The normalized spacial score (nSPS) is 10.5. The van der Waals surface area contributed by atoms with Crippen molar-refractivity contribution in [2.75, 3.05) is 19.0 Å². The van der Waals surface area contributed by atoms with Gasteiger partial charge in [-0.3, -0.25) is 5.32 Å². The van der Waals surface area contributed by atoms with Gasteiger partial charge in [-0.2, -0.15) is 0 Å². The van der Waals surface area contributed by atoms with Crippen molar-refractivity contribution in [3.63, 3.8) is 0 Å². The van der Waals surface area contributed by atoms with Gasteiger partial charge in [0.2, 0.25) is 5.52 Å². The maximum absolute atomic E-state index is 11.6. The third kappa shape index (κ3) is 3.89. The molecule has 2 N–H and O–H groups in total. The number of H-pyrrole nitrogens is 1. The van der Waals surface area contributed by atoms with E-state index in [-0.39, 0.29) is 12.4 Å². The molecular weight excluding hydrogens is 400 g/mol. The molecule has 0 aliphatic heterocycles. The zero-order valence-electron chi connectivity index (χ0n) is 17.1. The Morgan fingerprint density at radius 2 is 1.80 bits per heavy atom. The highest BCUT2D eigenvalue weighted by atomic mass is 35.5. The fourth-order valence-electron chi connectivity index (χ4n) is 3.73. The van der Waals surface area contributed by atoms with Crippen molar-refractivity contribution >= 4 is 33.5 Å². The van der Waals surface area contributed by atoms with Gasteiger partial charge in [0.15, 0.2) is 6.20 Å². The minimum atomic E-state index is -0.452. The number of halogens is 1. The SMILES string of the molecule is CCOC(=O)Nc1ccc(-c2cc(OC)c3c[nH+]c4ccccc4c3c2C)cc1.[Cl-]. The average Bonchev–Trinajstić information content (AvgIpc) is 2.74. The standard InChI is InChI=1S/C24H22N2O3.ClH/c1-4-29-24(27)26-17-11-9-16(10-12-17)19-13-22(28-3)20-14-25-21-8-6-5-7-18(21)23(20)15(19)2;/h5-14H,4H2,1-3H3,(H,26,27);1H. The van der Waals surface area contributed by atoms with Crippen molar-refractivity contribution in [2.45, 2.75) is 13.8 Å². The molecule has 0 saturated heterocycles. The lowest BCUT2D eigenvalue weighted by atomic mass is 9.93. The first kappa shape index (κ1) is 21.4. The van der Waals surface area contributed by atoms with E-state index in [4.69, 9.17) is 9.47 Å². The number of ether oxygens (including phenoxy) is 2. The van der Waals surface area contributed by atoms with Crippen LogP contribution in [0.25, 0.3) is 32.8 Å². The summed E-state index contributed by atoms with van der Waals surface area (Å²) in [6.45, 7) is 4.25. The Morgan fingerprint density at radius 3 is 2.50 bits per heavy atom. The molecule has 4 aromatic rings. The summed E-state index contributed by atoms with van der Waals surface area (Å²) in [7, 11) is 1.69. The molecule has 1 amide bonds. The van der Waals surface area contributed by atoms with Crippen LogP contribution in [-0.4, -0.2) is 19.8 Å². The Bertz CT molecular complexity index is 1210. The molecule has 0 atom stereocenters. The number of aromatic nitrogens is 1. The minimum Gasteiger partial charge on any atom is -1.00 e. The number of hydrogen-bond acceptors (Lipinski definition) is 3. The third-order valence-corrected chi connectivity index (χ3v) is 5.10. The van der Waals surface area contributed by atoms with Gasteiger partial charge in [0.05, 0.1) is 24.5 Å². The number of hydrogen-bond donors (Lipinski definition) is 1. The van der Waals surface area contributed by atoms with Crippen molar-refractivity contribution in [3.8, 4) is 16.9 Å². The van der Waals surface area contributed by atoms with Crippen LogP contribution in [-0.2, 0) is 4.74 Å². The Labute approximate surface area is 181 Å². The molecule has 0 aliphatic carbocycles. The number of carbonyl (C=O) groups is 1. The zero-order valence-corrected chi connectivity index (χ0v) is 17.8. The number of rotatable bonds is 4. The minimum absolute atomic E-state index is 0. The van der Waals surface area contributed by atoms with Gasteiger partial charge in [0.25, 0.3) is 0 Å². The third-order valence-electron chi connectivity index (χ3n) is 5.10. The van der Waals surface area contributed by atoms with E-state index in [1.54, 1.807) is 14.0 Å². The summed E-state index contributed by atoms with van der Waals surface area (Å²) >= 11 is 0. The first-order valence-corrected chi connectivity index (χ1v) is 9.57. The molecule has 0 unspecified atom stereocenters. The van der Waals surface area contributed by atoms with Crippen LogP contribution in [0, 0.1) is 6.92 Å². The van der Waals surface area contributed by atoms with Gasteiger partial charge < -0.3 is 21.9 Å².